The Balaban J connectivity index is 1.74. The number of aryl methyl sites for hydroxylation is 2. The summed E-state index contributed by atoms with van der Waals surface area (Å²) < 4.78 is 1.16. The van der Waals surface area contributed by atoms with Gasteiger partial charge in [0.2, 0.25) is 0 Å². The molecule has 2 radical (unpaired) electrons. The maximum absolute atomic E-state index is 4.94. The first-order valence-electron chi connectivity index (χ1n) is 11.2. The van der Waals surface area contributed by atoms with Gasteiger partial charge in [0, 0.05) is 0 Å². The van der Waals surface area contributed by atoms with Gasteiger partial charge in [0.15, 0.2) is 0 Å². The topological polar surface area (TPSA) is 12.9 Å². The first-order valence-corrected chi connectivity index (χ1v) is 13.0. The summed E-state index contributed by atoms with van der Waals surface area (Å²) in [4.78, 5) is 4.94. The van der Waals surface area contributed by atoms with Crippen LogP contribution in [0.5, 0.6) is 0 Å². The van der Waals surface area contributed by atoms with Crippen LogP contribution in [-0.2, 0) is 0 Å². The maximum atomic E-state index is 4.94. The molecule has 0 amide bonds. The SMILES string of the molecule is Cc1c[c]([Bi])nc(-c2cc3c(cc2C)-c2ccccc2-c2ccccc2-c2ccccc2-3)c1. The molecule has 0 atom stereocenters. The van der Waals surface area contributed by atoms with E-state index in [9.17, 15) is 0 Å². The van der Waals surface area contributed by atoms with Gasteiger partial charge in [-0.05, 0) is 0 Å². The van der Waals surface area contributed by atoms with Crippen molar-refractivity contribution < 1.29 is 0 Å². The average molecular weight is 618 g/mol. The van der Waals surface area contributed by atoms with Crippen molar-refractivity contribution in [3.05, 3.63) is 108 Å². The predicted molar refractivity (Wildman–Crippen MR) is 140 cm³/mol. The number of rotatable bonds is 1. The molecule has 0 saturated heterocycles. The van der Waals surface area contributed by atoms with E-state index >= 15 is 0 Å². The van der Waals surface area contributed by atoms with Crippen LogP contribution in [0, 0.1) is 13.8 Å². The summed E-state index contributed by atoms with van der Waals surface area (Å²) in [5.41, 5.74) is 15.0. The van der Waals surface area contributed by atoms with Crippen molar-refractivity contribution >= 4 is 28.1 Å². The van der Waals surface area contributed by atoms with Crippen LogP contribution in [0.25, 0.3) is 55.8 Å². The van der Waals surface area contributed by atoms with Gasteiger partial charge in [-0.2, -0.15) is 0 Å². The molecular weight excluding hydrogens is 595 g/mol. The van der Waals surface area contributed by atoms with Crippen LogP contribution >= 0.6 is 0 Å². The summed E-state index contributed by atoms with van der Waals surface area (Å²) in [5, 5.41) is 0. The number of hydrogen-bond acceptors (Lipinski definition) is 1. The monoisotopic (exact) mass is 617 g/mol. The molecule has 1 aliphatic rings. The van der Waals surface area contributed by atoms with E-state index in [0.717, 1.165) is 9.10 Å². The summed E-state index contributed by atoms with van der Waals surface area (Å²) in [7, 11) is 0. The van der Waals surface area contributed by atoms with Crippen molar-refractivity contribution in [2.45, 2.75) is 13.8 Å². The number of fused-ring (bicyclic) bond motifs is 8. The van der Waals surface area contributed by atoms with Crippen LogP contribution in [0.1, 0.15) is 11.1 Å². The van der Waals surface area contributed by atoms with Crippen LogP contribution in [0.2, 0.25) is 0 Å². The number of nitrogens with zero attached hydrogens (tertiary/aromatic N) is 1. The molecule has 1 aliphatic carbocycles. The van der Waals surface area contributed by atoms with E-state index in [2.05, 4.69) is 111 Å². The van der Waals surface area contributed by atoms with Gasteiger partial charge in [0.05, 0.1) is 0 Å². The van der Waals surface area contributed by atoms with Gasteiger partial charge in [-0.1, -0.05) is 0 Å². The second kappa shape index (κ2) is 8.05. The molecule has 4 aromatic carbocycles. The molecular formula is C31H22BiN. The third-order valence-electron chi connectivity index (χ3n) is 6.54. The Morgan fingerprint density at radius 2 is 0.909 bits per heavy atom. The third-order valence-corrected chi connectivity index (χ3v) is 7.43. The standard InChI is InChI=1S/C31H22N.Bi/c1-20-15-16-32-31(17-20)28-19-30-27-14-8-6-12-25(27)23-10-4-3-9-22(23)24-11-5-7-13-26(24)29(30)18-21(28)2;/h3-15,17-19H,1-2H3;. The zero-order valence-corrected chi connectivity index (χ0v) is 22.1. The van der Waals surface area contributed by atoms with E-state index in [0.29, 0.717) is 0 Å². The molecule has 2 heteroatoms. The molecule has 5 aromatic rings. The van der Waals surface area contributed by atoms with E-state index in [4.69, 9.17) is 4.98 Å². The average Bonchev–Trinajstić information content (AvgIpc) is 2.82. The molecule has 0 bridgehead atoms. The van der Waals surface area contributed by atoms with Crippen LogP contribution in [0.4, 0.5) is 0 Å². The van der Waals surface area contributed by atoms with E-state index < -0.39 is 0 Å². The first kappa shape index (κ1) is 20.5. The van der Waals surface area contributed by atoms with Crippen LogP contribution in [-0.4, -0.2) is 29.7 Å². The fourth-order valence-electron chi connectivity index (χ4n) is 5.07. The Kier molecular flexibility index (Phi) is 5.00. The van der Waals surface area contributed by atoms with Gasteiger partial charge < -0.3 is 0 Å². The van der Waals surface area contributed by atoms with Crippen molar-refractivity contribution in [3.63, 3.8) is 0 Å². The summed E-state index contributed by atoms with van der Waals surface area (Å²) in [5.74, 6) is 0. The van der Waals surface area contributed by atoms with Crippen molar-refractivity contribution in [2.75, 3.05) is 0 Å². The van der Waals surface area contributed by atoms with Gasteiger partial charge in [-0.3, -0.25) is 0 Å². The van der Waals surface area contributed by atoms with Gasteiger partial charge in [0.1, 0.15) is 0 Å². The molecule has 1 nitrogen and oxygen atoms in total. The van der Waals surface area contributed by atoms with E-state index in [1.54, 1.807) is 0 Å². The van der Waals surface area contributed by atoms with Gasteiger partial charge in [0.25, 0.3) is 0 Å². The zero-order valence-electron chi connectivity index (χ0n) is 18.6. The molecule has 6 rings (SSSR count). The minimum absolute atomic E-state index is 1.07. The summed E-state index contributed by atoms with van der Waals surface area (Å²) in [6.07, 6.45) is 0. The van der Waals surface area contributed by atoms with Crippen LogP contribution in [0.15, 0.2) is 97.1 Å². The fourth-order valence-corrected chi connectivity index (χ4v) is 6.29. The number of hydrogen-bond donors (Lipinski definition) is 0. The van der Waals surface area contributed by atoms with E-state index in [1.165, 1.54) is 85.9 Å². The first-order chi connectivity index (χ1) is 16.1. The Bertz CT molecular complexity index is 1530. The van der Waals surface area contributed by atoms with Crippen molar-refractivity contribution in [1.82, 2.24) is 4.98 Å². The molecule has 0 fully saturated rings. The Hall–Kier alpha value is -3.09. The van der Waals surface area contributed by atoms with Crippen LogP contribution < -0.4 is 3.40 Å². The quantitative estimate of drug-likeness (QED) is 0.179. The molecule has 1 aromatic heterocycles. The Morgan fingerprint density at radius 3 is 1.36 bits per heavy atom. The number of pyridine rings is 1. The molecule has 0 spiro atoms. The molecule has 156 valence electrons. The molecule has 0 unspecified atom stereocenters. The van der Waals surface area contributed by atoms with E-state index in [-0.39, 0.29) is 0 Å². The van der Waals surface area contributed by atoms with Gasteiger partial charge >= 0.3 is 211 Å². The molecule has 0 saturated carbocycles. The second-order valence-corrected chi connectivity index (χ2v) is 10.5. The summed E-state index contributed by atoms with van der Waals surface area (Å²) in [6.45, 7) is 4.37. The molecule has 33 heavy (non-hydrogen) atoms. The van der Waals surface area contributed by atoms with Crippen molar-refractivity contribution in [3.8, 4) is 55.8 Å². The third kappa shape index (κ3) is 3.45. The van der Waals surface area contributed by atoms with Gasteiger partial charge in [-0.15, -0.1) is 0 Å². The fraction of sp³-hybridized carbons (Fsp3) is 0.0645. The number of aromatic nitrogens is 1. The van der Waals surface area contributed by atoms with Crippen molar-refractivity contribution in [2.24, 2.45) is 0 Å². The predicted octanol–water partition coefficient (Wildman–Crippen LogP) is 7.14. The van der Waals surface area contributed by atoms with Crippen molar-refractivity contribution in [1.29, 1.82) is 0 Å². The second-order valence-electron chi connectivity index (χ2n) is 8.74. The number of benzene rings is 4. The van der Waals surface area contributed by atoms with Crippen LogP contribution in [0.3, 0.4) is 0 Å². The Morgan fingerprint density at radius 1 is 0.485 bits per heavy atom. The molecule has 1 heterocycles. The summed E-state index contributed by atoms with van der Waals surface area (Å²) in [6, 6.07) is 35.5. The normalized spacial score (nSPS) is 11.5. The zero-order chi connectivity index (χ0) is 22.5. The molecule has 0 aliphatic heterocycles. The Labute approximate surface area is 210 Å². The minimum atomic E-state index is 1.07. The van der Waals surface area contributed by atoms with Gasteiger partial charge in [-0.25, -0.2) is 0 Å². The van der Waals surface area contributed by atoms with E-state index in [1.807, 2.05) is 0 Å². The molecule has 0 N–H and O–H groups in total. The summed E-state index contributed by atoms with van der Waals surface area (Å²) >= 11 is 1.17.